The van der Waals surface area contributed by atoms with Gasteiger partial charge in [-0.3, -0.25) is 9.59 Å². The van der Waals surface area contributed by atoms with E-state index in [0.29, 0.717) is 6.42 Å². The molecule has 2 atom stereocenters. The standard InChI is InChI=1S/C22H23NO4/c1-3-27-22(25)21-19(15-7-5-4-6-8-15)13-17(14-20(21)24)23-16-9-11-18(26-2)12-10-16/h4-12,14,19,21,23H,3,13H2,1-2H3. The first kappa shape index (κ1) is 18.7. The van der Waals surface area contributed by atoms with Gasteiger partial charge < -0.3 is 14.8 Å². The molecule has 0 radical (unpaired) electrons. The fraction of sp³-hybridized carbons (Fsp3) is 0.273. The molecule has 5 heteroatoms. The van der Waals surface area contributed by atoms with Gasteiger partial charge in [0.25, 0.3) is 0 Å². The topological polar surface area (TPSA) is 64.6 Å². The molecule has 0 aromatic heterocycles. The van der Waals surface area contributed by atoms with E-state index in [1.54, 1.807) is 14.0 Å². The molecule has 27 heavy (non-hydrogen) atoms. The monoisotopic (exact) mass is 365 g/mol. The average Bonchev–Trinajstić information content (AvgIpc) is 2.69. The van der Waals surface area contributed by atoms with Crippen molar-refractivity contribution in [2.75, 3.05) is 19.0 Å². The van der Waals surface area contributed by atoms with E-state index in [1.165, 1.54) is 6.08 Å². The summed E-state index contributed by atoms with van der Waals surface area (Å²) in [4.78, 5) is 25.2. The first-order valence-electron chi connectivity index (χ1n) is 8.99. The Kier molecular flexibility index (Phi) is 5.91. The SMILES string of the molecule is CCOC(=O)C1C(=O)C=C(Nc2ccc(OC)cc2)CC1c1ccccc1. The number of rotatable bonds is 6. The van der Waals surface area contributed by atoms with E-state index < -0.39 is 11.9 Å². The van der Waals surface area contributed by atoms with Crippen LogP contribution in [0.1, 0.15) is 24.8 Å². The van der Waals surface area contributed by atoms with Crippen LogP contribution in [-0.4, -0.2) is 25.5 Å². The first-order chi connectivity index (χ1) is 13.1. The molecule has 0 spiro atoms. The van der Waals surface area contributed by atoms with E-state index in [0.717, 1.165) is 22.7 Å². The number of carbonyl (C=O) groups excluding carboxylic acids is 2. The lowest BCUT2D eigenvalue weighted by atomic mass is 9.76. The maximum absolute atomic E-state index is 12.8. The lowest BCUT2D eigenvalue weighted by Gasteiger charge is -2.29. The molecule has 1 N–H and O–H groups in total. The summed E-state index contributed by atoms with van der Waals surface area (Å²) in [6, 6.07) is 17.1. The van der Waals surface area contributed by atoms with Gasteiger partial charge in [0.1, 0.15) is 11.7 Å². The maximum Gasteiger partial charge on any atom is 0.317 e. The van der Waals surface area contributed by atoms with Crippen molar-refractivity contribution in [2.24, 2.45) is 5.92 Å². The number of allylic oxidation sites excluding steroid dienone is 2. The Morgan fingerprint density at radius 3 is 2.44 bits per heavy atom. The highest BCUT2D eigenvalue weighted by atomic mass is 16.5. The summed E-state index contributed by atoms with van der Waals surface area (Å²) >= 11 is 0. The second-order valence-corrected chi connectivity index (χ2v) is 6.38. The summed E-state index contributed by atoms with van der Waals surface area (Å²) in [7, 11) is 1.62. The van der Waals surface area contributed by atoms with E-state index in [4.69, 9.17) is 9.47 Å². The first-order valence-corrected chi connectivity index (χ1v) is 8.99. The van der Waals surface area contributed by atoms with Crippen molar-refractivity contribution in [3.8, 4) is 5.75 Å². The number of ketones is 1. The third kappa shape index (κ3) is 4.37. The molecule has 2 aromatic carbocycles. The number of hydrogen-bond acceptors (Lipinski definition) is 5. The Hall–Kier alpha value is -3.08. The molecule has 0 amide bonds. The molecule has 140 valence electrons. The van der Waals surface area contributed by atoms with Gasteiger partial charge in [0.2, 0.25) is 0 Å². The maximum atomic E-state index is 12.8. The van der Waals surface area contributed by atoms with E-state index in [1.807, 2.05) is 54.6 Å². The Bertz CT molecular complexity index is 827. The molecule has 5 nitrogen and oxygen atoms in total. The number of anilines is 1. The highest BCUT2D eigenvalue weighted by molar-refractivity contribution is 6.07. The summed E-state index contributed by atoms with van der Waals surface area (Å²) in [5.41, 5.74) is 2.59. The van der Waals surface area contributed by atoms with Gasteiger partial charge in [0.15, 0.2) is 5.78 Å². The number of hydrogen-bond donors (Lipinski definition) is 1. The molecular weight excluding hydrogens is 342 g/mol. The van der Waals surface area contributed by atoms with E-state index >= 15 is 0 Å². The zero-order valence-electron chi connectivity index (χ0n) is 15.5. The van der Waals surface area contributed by atoms with Crippen molar-refractivity contribution in [3.05, 3.63) is 71.9 Å². The molecule has 3 rings (SSSR count). The minimum Gasteiger partial charge on any atom is -0.497 e. The molecule has 1 aliphatic carbocycles. The van der Waals surface area contributed by atoms with Crippen LogP contribution in [0, 0.1) is 5.92 Å². The van der Waals surface area contributed by atoms with E-state index in [-0.39, 0.29) is 18.3 Å². The molecule has 0 saturated carbocycles. The molecular formula is C22H23NO4. The Morgan fingerprint density at radius 2 is 1.81 bits per heavy atom. The number of methoxy groups -OCH3 is 1. The summed E-state index contributed by atoms with van der Waals surface area (Å²) in [5.74, 6) is -1.00. The summed E-state index contributed by atoms with van der Waals surface area (Å²) in [6.45, 7) is 2.00. The van der Waals surface area contributed by atoms with Crippen LogP contribution in [0.4, 0.5) is 5.69 Å². The average molecular weight is 365 g/mol. The van der Waals surface area contributed by atoms with Crippen LogP contribution in [0.15, 0.2) is 66.4 Å². The summed E-state index contributed by atoms with van der Waals surface area (Å²) in [6.07, 6.45) is 2.07. The lowest BCUT2D eigenvalue weighted by molar-refractivity contribution is -0.151. The Morgan fingerprint density at radius 1 is 1.11 bits per heavy atom. The second kappa shape index (κ2) is 8.54. The van der Waals surface area contributed by atoms with Gasteiger partial charge >= 0.3 is 5.97 Å². The number of benzene rings is 2. The van der Waals surface area contributed by atoms with E-state index in [2.05, 4.69) is 5.32 Å². The lowest BCUT2D eigenvalue weighted by Crippen LogP contribution is -2.35. The second-order valence-electron chi connectivity index (χ2n) is 6.38. The van der Waals surface area contributed by atoms with Gasteiger partial charge in [-0.1, -0.05) is 30.3 Å². The van der Waals surface area contributed by atoms with Crippen LogP contribution in [-0.2, 0) is 14.3 Å². The van der Waals surface area contributed by atoms with Crippen molar-refractivity contribution in [3.63, 3.8) is 0 Å². The van der Waals surface area contributed by atoms with Crippen molar-refractivity contribution in [2.45, 2.75) is 19.3 Å². The normalized spacial score (nSPS) is 19.2. The van der Waals surface area contributed by atoms with Crippen LogP contribution in [0.5, 0.6) is 5.75 Å². The predicted molar refractivity (Wildman–Crippen MR) is 104 cm³/mol. The van der Waals surface area contributed by atoms with Crippen LogP contribution < -0.4 is 10.1 Å². The van der Waals surface area contributed by atoms with Gasteiger partial charge in [-0.05, 0) is 43.2 Å². The molecule has 0 heterocycles. The van der Waals surface area contributed by atoms with Gasteiger partial charge in [-0.25, -0.2) is 0 Å². The smallest absolute Gasteiger partial charge is 0.317 e. The predicted octanol–water partition coefficient (Wildman–Crippen LogP) is 3.93. The van der Waals surface area contributed by atoms with Crippen LogP contribution >= 0.6 is 0 Å². The van der Waals surface area contributed by atoms with Gasteiger partial charge in [-0.2, -0.15) is 0 Å². The molecule has 0 bridgehead atoms. The van der Waals surface area contributed by atoms with Crippen LogP contribution in [0.2, 0.25) is 0 Å². The van der Waals surface area contributed by atoms with Gasteiger partial charge in [-0.15, -0.1) is 0 Å². The zero-order chi connectivity index (χ0) is 19.2. The van der Waals surface area contributed by atoms with Gasteiger partial charge in [0.05, 0.1) is 13.7 Å². The largest absolute Gasteiger partial charge is 0.497 e. The fourth-order valence-electron chi connectivity index (χ4n) is 3.34. The third-order valence-electron chi connectivity index (χ3n) is 4.63. The third-order valence-corrected chi connectivity index (χ3v) is 4.63. The zero-order valence-corrected chi connectivity index (χ0v) is 15.5. The molecule has 0 fully saturated rings. The minimum atomic E-state index is -0.811. The molecule has 2 unspecified atom stereocenters. The van der Waals surface area contributed by atoms with Gasteiger partial charge in [0, 0.05) is 23.4 Å². The number of nitrogens with one attached hydrogen (secondary N) is 1. The number of carbonyl (C=O) groups is 2. The Labute approximate surface area is 159 Å². The minimum absolute atomic E-state index is 0.232. The van der Waals surface area contributed by atoms with E-state index in [9.17, 15) is 9.59 Å². The quantitative estimate of drug-likeness (QED) is 0.621. The number of ether oxygens (including phenoxy) is 2. The highest BCUT2D eigenvalue weighted by Gasteiger charge is 2.39. The molecule has 2 aromatic rings. The van der Waals surface area contributed by atoms with Crippen LogP contribution in [0.25, 0.3) is 0 Å². The summed E-state index contributed by atoms with van der Waals surface area (Å²) < 4.78 is 10.3. The molecule has 0 aliphatic heterocycles. The Balaban J connectivity index is 1.87. The van der Waals surface area contributed by atoms with Crippen molar-refractivity contribution >= 4 is 17.4 Å². The van der Waals surface area contributed by atoms with Crippen LogP contribution in [0.3, 0.4) is 0 Å². The molecule has 0 saturated heterocycles. The number of esters is 1. The fourth-order valence-corrected chi connectivity index (χ4v) is 3.34. The van der Waals surface area contributed by atoms with Crippen molar-refractivity contribution in [1.29, 1.82) is 0 Å². The molecule has 1 aliphatic rings. The highest BCUT2D eigenvalue weighted by Crippen LogP contribution is 2.37. The summed E-state index contributed by atoms with van der Waals surface area (Å²) in [5, 5.41) is 3.29. The van der Waals surface area contributed by atoms with Crippen molar-refractivity contribution in [1.82, 2.24) is 0 Å². The van der Waals surface area contributed by atoms with Crippen molar-refractivity contribution < 1.29 is 19.1 Å².